The van der Waals surface area contributed by atoms with Crippen LogP contribution in [0, 0.1) is 6.92 Å². The zero-order valence-corrected chi connectivity index (χ0v) is 14.2. The van der Waals surface area contributed by atoms with E-state index in [1.54, 1.807) is 14.2 Å². The van der Waals surface area contributed by atoms with Crippen LogP contribution in [-0.2, 0) is 0 Å². The van der Waals surface area contributed by atoms with Crippen molar-refractivity contribution in [2.24, 2.45) is 0 Å². The number of aliphatic hydroxyl groups is 1. The van der Waals surface area contributed by atoms with Gasteiger partial charge < -0.3 is 23.4 Å². The highest BCUT2D eigenvalue weighted by Crippen LogP contribution is 2.37. The van der Waals surface area contributed by atoms with E-state index in [-0.39, 0.29) is 0 Å². The molecule has 0 saturated carbocycles. The van der Waals surface area contributed by atoms with Crippen molar-refractivity contribution in [3.8, 4) is 11.5 Å². The molecule has 0 aliphatic carbocycles. The highest BCUT2D eigenvalue weighted by molar-refractivity contribution is 5.85. The number of fused-ring (bicyclic) bond motifs is 2. The Kier molecular flexibility index (Phi) is 3.66. The van der Waals surface area contributed by atoms with Crippen molar-refractivity contribution in [1.82, 2.24) is 0 Å². The fraction of sp³-hybridized carbons (Fsp3) is 0.200. The molecule has 0 radical (unpaired) electrons. The van der Waals surface area contributed by atoms with Crippen LogP contribution in [-0.4, -0.2) is 19.3 Å². The van der Waals surface area contributed by atoms with Crippen LogP contribution in [0.15, 0.2) is 51.3 Å². The third-order valence-corrected chi connectivity index (χ3v) is 4.40. The van der Waals surface area contributed by atoms with Gasteiger partial charge in [-0.1, -0.05) is 0 Å². The monoisotopic (exact) mass is 338 g/mol. The third-order valence-electron chi connectivity index (χ3n) is 4.40. The first-order chi connectivity index (χ1) is 12.1. The molecule has 2 aromatic carbocycles. The largest absolute Gasteiger partial charge is 0.497 e. The van der Waals surface area contributed by atoms with Crippen molar-refractivity contribution in [3.63, 3.8) is 0 Å². The standard InChI is InChI=1S/C20H18O5/c1-11-19(15-10-14(23-3)5-7-17(15)24-11)20(21)18-9-12-8-13(22-2)4-6-16(12)25-18/h4-10,20-21H,1-3H3/t20-/m0/s1. The van der Waals surface area contributed by atoms with Crippen LogP contribution in [0.2, 0.25) is 0 Å². The summed E-state index contributed by atoms with van der Waals surface area (Å²) >= 11 is 0. The molecule has 25 heavy (non-hydrogen) atoms. The van der Waals surface area contributed by atoms with Crippen molar-refractivity contribution in [2.45, 2.75) is 13.0 Å². The first kappa shape index (κ1) is 15.6. The molecule has 0 spiro atoms. The Morgan fingerprint density at radius 1 is 0.880 bits per heavy atom. The Balaban J connectivity index is 1.84. The van der Waals surface area contributed by atoms with Crippen molar-refractivity contribution >= 4 is 21.9 Å². The summed E-state index contributed by atoms with van der Waals surface area (Å²) < 4.78 is 22.1. The first-order valence-corrected chi connectivity index (χ1v) is 7.93. The van der Waals surface area contributed by atoms with Gasteiger partial charge in [-0.15, -0.1) is 0 Å². The Morgan fingerprint density at radius 3 is 2.28 bits per heavy atom. The number of hydrogen-bond acceptors (Lipinski definition) is 5. The smallest absolute Gasteiger partial charge is 0.141 e. The molecule has 1 N–H and O–H groups in total. The highest BCUT2D eigenvalue weighted by Gasteiger charge is 2.24. The third kappa shape index (κ3) is 2.53. The number of benzene rings is 2. The maximum atomic E-state index is 10.9. The molecule has 1 atom stereocenters. The number of ether oxygens (including phenoxy) is 2. The first-order valence-electron chi connectivity index (χ1n) is 7.93. The van der Waals surface area contributed by atoms with E-state index in [1.807, 2.05) is 49.4 Å². The van der Waals surface area contributed by atoms with Gasteiger partial charge in [-0.25, -0.2) is 0 Å². The normalized spacial score (nSPS) is 12.6. The molecule has 5 nitrogen and oxygen atoms in total. The fourth-order valence-electron chi connectivity index (χ4n) is 3.13. The SMILES string of the molecule is COc1ccc2oc([C@H](O)c3c(C)oc4ccc(OC)cc34)cc2c1. The number of hydrogen-bond donors (Lipinski definition) is 1. The van der Waals surface area contributed by atoms with Crippen LogP contribution in [0.1, 0.15) is 23.2 Å². The summed E-state index contributed by atoms with van der Waals surface area (Å²) in [6, 6.07) is 12.9. The number of methoxy groups -OCH3 is 2. The van der Waals surface area contributed by atoms with E-state index in [9.17, 15) is 5.11 Å². The topological polar surface area (TPSA) is 65.0 Å². The van der Waals surface area contributed by atoms with Gasteiger partial charge in [0.2, 0.25) is 0 Å². The second-order valence-electron chi connectivity index (χ2n) is 5.89. The van der Waals surface area contributed by atoms with Gasteiger partial charge in [0.1, 0.15) is 40.3 Å². The maximum Gasteiger partial charge on any atom is 0.141 e. The number of aliphatic hydroxyl groups excluding tert-OH is 1. The molecular weight excluding hydrogens is 320 g/mol. The Hall–Kier alpha value is -2.92. The number of aryl methyl sites for hydroxylation is 1. The zero-order chi connectivity index (χ0) is 17.6. The summed E-state index contributed by atoms with van der Waals surface area (Å²) in [4.78, 5) is 0. The number of rotatable bonds is 4. The van der Waals surface area contributed by atoms with E-state index in [4.69, 9.17) is 18.3 Å². The van der Waals surface area contributed by atoms with Crippen LogP contribution >= 0.6 is 0 Å². The van der Waals surface area contributed by atoms with E-state index in [2.05, 4.69) is 0 Å². The molecule has 0 saturated heterocycles. The minimum absolute atomic E-state index is 0.455. The van der Waals surface area contributed by atoms with Crippen LogP contribution in [0.3, 0.4) is 0 Å². The number of furan rings is 2. The second kappa shape index (κ2) is 5.86. The van der Waals surface area contributed by atoms with Crippen LogP contribution in [0.25, 0.3) is 21.9 Å². The molecule has 0 amide bonds. The van der Waals surface area contributed by atoms with E-state index >= 15 is 0 Å². The maximum absolute atomic E-state index is 10.9. The summed E-state index contributed by atoms with van der Waals surface area (Å²) in [5.41, 5.74) is 2.07. The summed E-state index contributed by atoms with van der Waals surface area (Å²) in [7, 11) is 3.22. The lowest BCUT2D eigenvalue weighted by Gasteiger charge is -2.07. The van der Waals surface area contributed by atoms with Gasteiger partial charge in [-0.3, -0.25) is 0 Å². The lowest BCUT2D eigenvalue weighted by Crippen LogP contribution is -1.99. The van der Waals surface area contributed by atoms with Gasteiger partial charge in [0.15, 0.2) is 0 Å². The van der Waals surface area contributed by atoms with Crippen LogP contribution < -0.4 is 9.47 Å². The molecule has 0 bridgehead atoms. The Bertz CT molecular complexity index is 1060. The van der Waals surface area contributed by atoms with E-state index in [1.165, 1.54) is 0 Å². The molecule has 5 heteroatoms. The lowest BCUT2D eigenvalue weighted by molar-refractivity contribution is 0.191. The summed E-state index contributed by atoms with van der Waals surface area (Å²) in [6.45, 7) is 1.83. The Morgan fingerprint density at radius 2 is 1.56 bits per heavy atom. The average molecular weight is 338 g/mol. The van der Waals surface area contributed by atoms with Crippen molar-refractivity contribution in [1.29, 1.82) is 0 Å². The predicted molar refractivity (Wildman–Crippen MR) is 94.3 cm³/mol. The van der Waals surface area contributed by atoms with Gasteiger partial charge in [0.05, 0.1) is 14.2 Å². The molecular formula is C20H18O5. The molecule has 4 aromatic rings. The van der Waals surface area contributed by atoms with Crippen LogP contribution in [0.4, 0.5) is 0 Å². The minimum Gasteiger partial charge on any atom is -0.497 e. The van der Waals surface area contributed by atoms with Crippen molar-refractivity contribution in [3.05, 3.63) is 59.5 Å². The van der Waals surface area contributed by atoms with Crippen molar-refractivity contribution < 1.29 is 23.4 Å². The van der Waals surface area contributed by atoms with E-state index in [0.717, 1.165) is 16.5 Å². The molecule has 0 aliphatic rings. The molecule has 4 rings (SSSR count). The summed E-state index contributed by atoms with van der Waals surface area (Å²) in [5, 5.41) is 12.6. The van der Waals surface area contributed by atoms with Gasteiger partial charge in [0.25, 0.3) is 0 Å². The van der Waals surface area contributed by atoms with Crippen LogP contribution in [0.5, 0.6) is 11.5 Å². The fourth-order valence-corrected chi connectivity index (χ4v) is 3.13. The molecule has 2 heterocycles. The molecule has 0 unspecified atom stereocenters. The van der Waals surface area contributed by atoms with Gasteiger partial charge in [0, 0.05) is 16.3 Å². The predicted octanol–water partition coefficient (Wildman–Crippen LogP) is 4.59. The summed E-state index contributed by atoms with van der Waals surface area (Å²) in [5.74, 6) is 2.55. The quantitative estimate of drug-likeness (QED) is 0.590. The van der Waals surface area contributed by atoms with Gasteiger partial charge >= 0.3 is 0 Å². The zero-order valence-electron chi connectivity index (χ0n) is 14.2. The van der Waals surface area contributed by atoms with Crippen molar-refractivity contribution in [2.75, 3.05) is 14.2 Å². The van der Waals surface area contributed by atoms with Gasteiger partial charge in [-0.2, -0.15) is 0 Å². The minimum atomic E-state index is -0.938. The van der Waals surface area contributed by atoms with Gasteiger partial charge in [-0.05, 0) is 49.4 Å². The highest BCUT2D eigenvalue weighted by atomic mass is 16.5. The molecule has 0 aliphatic heterocycles. The molecule has 0 fully saturated rings. The molecule has 128 valence electrons. The Labute approximate surface area is 144 Å². The van der Waals surface area contributed by atoms with E-state index < -0.39 is 6.10 Å². The lowest BCUT2D eigenvalue weighted by atomic mass is 10.0. The van der Waals surface area contributed by atoms with E-state index in [0.29, 0.717) is 34.0 Å². The molecule has 2 aromatic heterocycles. The summed E-state index contributed by atoms with van der Waals surface area (Å²) in [6.07, 6.45) is -0.938. The average Bonchev–Trinajstić information content (AvgIpc) is 3.19. The second-order valence-corrected chi connectivity index (χ2v) is 5.89.